The number of rotatable bonds is 3. The fourth-order valence-electron chi connectivity index (χ4n) is 1.20. The zero-order chi connectivity index (χ0) is 9.14. The maximum absolute atomic E-state index is 11.1. The van der Waals surface area contributed by atoms with Crippen molar-refractivity contribution in [1.29, 1.82) is 0 Å². The molecule has 1 aromatic rings. The van der Waals surface area contributed by atoms with Crippen molar-refractivity contribution in [2.75, 3.05) is 6.26 Å². The van der Waals surface area contributed by atoms with Gasteiger partial charge in [0, 0.05) is 18.3 Å². The number of Topliss-reactive ketones (excluding diaryl/α,β-unsaturated/α-hetero) is 1. The van der Waals surface area contributed by atoms with Gasteiger partial charge in [0.1, 0.15) is 0 Å². The normalized spacial score (nSPS) is 10.2. The lowest BCUT2D eigenvalue weighted by Crippen LogP contribution is -1.97. The van der Waals surface area contributed by atoms with Gasteiger partial charge in [-0.15, -0.1) is 11.8 Å². The van der Waals surface area contributed by atoms with Crippen LogP contribution in [0.5, 0.6) is 0 Å². The molecule has 0 amide bonds. The van der Waals surface area contributed by atoms with E-state index in [4.69, 9.17) is 0 Å². The zero-order valence-corrected chi connectivity index (χ0v) is 8.44. The Kier molecular flexibility index (Phi) is 2.98. The number of hydrogen-bond donors (Lipinski definition) is 0. The number of carbonyl (C=O) groups excluding carboxylic acids is 1. The summed E-state index contributed by atoms with van der Waals surface area (Å²) in [6.45, 7) is 4.60. The first-order chi connectivity index (χ1) is 5.70. The Morgan fingerprint density at radius 1 is 1.67 bits per heavy atom. The van der Waals surface area contributed by atoms with Crippen molar-refractivity contribution < 1.29 is 4.79 Å². The van der Waals surface area contributed by atoms with Crippen LogP contribution in [0.4, 0.5) is 0 Å². The van der Waals surface area contributed by atoms with Crippen molar-refractivity contribution in [3.63, 3.8) is 0 Å². The van der Waals surface area contributed by atoms with Crippen molar-refractivity contribution >= 4 is 17.5 Å². The van der Waals surface area contributed by atoms with E-state index in [9.17, 15) is 4.79 Å². The van der Waals surface area contributed by atoms with Gasteiger partial charge in [-0.1, -0.05) is 0 Å². The average Bonchev–Trinajstić information content (AvgIpc) is 2.46. The summed E-state index contributed by atoms with van der Waals surface area (Å²) in [6.07, 6.45) is 3.95. The first-order valence-corrected chi connectivity index (χ1v) is 5.17. The Hall–Kier alpha value is -0.700. The lowest BCUT2D eigenvalue weighted by Gasteiger charge is -2.03. The van der Waals surface area contributed by atoms with Gasteiger partial charge in [0.15, 0.2) is 5.78 Å². The first-order valence-electron chi connectivity index (χ1n) is 3.94. The van der Waals surface area contributed by atoms with Crippen LogP contribution in [0, 0.1) is 0 Å². The van der Waals surface area contributed by atoms with E-state index in [-0.39, 0.29) is 5.78 Å². The van der Waals surface area contributed by atoms with Crippen molar-refractivity contribution in [3.05, 3.63) is 17.8 Å². The van der Waals surface area contributed by atoms with E-state index in [1.807, 2.05) is 18.5 Å². The molecule has 0 fully saturated rings. The van der Waals surface area contributed by atoms with E-state index < -0.39 is 0 Å². The number of hydrogen-bond acceptors (Lipinski definition) is 2. The van der Waals surface area contributed by atoms with Gasteiger partial charge in [-0.05, 0) is 26.2 Å². The van der Waals surface area contributed by atoms with Gasteiger partial charge >= 0.3 is 0 Å². The van der Waals surface area contributed by atoms with E-state index in [1.54, 1.807) is 18.7 Å². The Labute approximate surface area is 77.0 Å². The van der Waals surface area contributed by atoms with E-state index in [2.05, 4.69) is 11.5 Å². The van der Waals surface area contributed by atoms with Gasteiger partial charge in [-0.2, -0.15) is 0 Å². The molecule has 0 unspecified atom stereocenters. The standard InChI is InChI=1S/C9H13NOS/c1-4-10-6-5-8(7(2)11)9(10)12-3/h5-6H,4H2,1-3H3. The second-order valence-corrected chi connectivity index (χ2v) is 3.38. The van der Waals surface area contributed by atoms with Gasteiger partial charge in [0.2, 0.25) is 0 Å². The summed E-state index contributed by atoms with van der Waals surface area (Å²) in [4.78, 5) is 11.1. The van der Waals surface area contributed by atoms with Crippen molar-refractivity contribution in [2.24, 2.45) is 0 Å². The second-order valence-electron chi connectivity index (χ2n) is 2.58. The first kappa shape index (κ1) is 9.39. The van der Waals surface area contributed by atoms with Crippen LogP contribution < -0.4 is 0 Å². The van der Waals surface area contributed by atoms with Crippen LogP contribution in [0.1, 0.15) is 24.2 Å². The smallest absolute Gasteiger partial charge is 0.162 e. The fourth-order valence-corrected chi connectivity index (χ4v) is 2.06. The quantitative estimate of drug-likeness (QED) is 0.530. The SMILES string of the molecule is CCn1ccc(C(C)=O)c1SC. The van der Waals surface area contributed by atoms with Crippen LogP contribution >= 0.6 is 11.8 Å². The highest BCUT2D eigenvalue weighted by atomic mass is 32.2. The molecule has 0 aromatic carbocycles. The second kappa shape index (κ2) is 3.81. The summed E-state index contributed by atoms with van der Waals surface area (Å²) in [6, 6.07) is 1.89. The van der Waals surface area contributed by atoms with Gasteiger partial charge in [-0.25, -0.2) is 0 Å². The summed E-state index contributed by atoms with van der Waals surface area (Å²) in [7, 11) is 0. The third-order valence-corrected chi connectivity index (χ3v) is 2.67. The summed E-state index contributed by atoms with van der Waals surface area (Å²) in [5.41, 5.74) is 0.837. The van der Waals surface area contributed by atoms with Crippen LogP contribution in [0.25, 0.3) is 0 Å². The topological polar surface area (TPSA) is 22.0 Å². The molecule has 0 saturated carbocycles. The number of ketones is 1. The average molecular weight is 183 g/mol. The van der Waals surface area contributed by atoms with E-state index in [1.165, 1.54) is 0 Å². The van der Waals surface area contributed by atoms with E-state index >= 15 is 0 Å². The van der Waals surface area contributed by atoms with Gasteiger partial charge in [0.25, 0.3) is 0 Å². The summed E-state index contributed by atoms with van der Waals surface area (Å²) in [5.74, 6) is 0.145. The molecule has 66 valence electrons. The summed E-state index contributed by atoms with van der Waals surface area (Å²) >= 11 is 1.62. The highest BCUT2D eigenvalue weighted by molar-refractivity contribution is 7.98. The fraction of sp³-hybridized carbons (Fsp3) is 0.444. The molecule has 0 radical (unpaired) electrons. The molecule has 3 heteroatoms. The molecule has 1 aromatic heterocycles. The van der Waals surface area contributed by atoms with Gasteiger partial charge in [0.05, 0.1) is 5.03 Å². The van der Waals surface area contributed by atoms with Crippen LogP contribution in [-0.2, 0) is 6.54 Å². The van der Waals surface area contributed by atoms with Crippen LogP contribution in [0.3, 0.4) is 0 Å². The third-order valence-electron chi connectivity index (χ3n) is 1.83. The maximum atomic E-state index is 11.1. The number of aryl methyl sites for hydroxylation is 1. The van der Waals surface area contributed by atoms with E-state index in [0.29, 0.717) is 0 Å². The minimum Gasteiger partial charge on any atom is -0.342 e. The van der Waals surface area contributed by atoms with Crippen LogP contribution in [-0.4, -0.2) is 16.6 Å². The summed E-state index contributed by atoms with van der Waals surface area (Å²) < 4.78 is 2.08. The Bertz CT molecular complexity index is 291. The van der Waals surface area contributed by atoms with Crippen molar-refractivity contribution in [3.8, 4) is 0 Å². The molecule has 0 aliphatic rings. The molecule has 1 rings (SSSR count). The predicted octanol–water partition coefficient (Wildman–Crippen LogP) is 2.43. The van der Waals surface area contributed by atoms with Gasteiger partial charge in [-0.3, -0.25) is 4.79 Å². The number of nitrogens with zero attached hydrogens (tertiary/aromatic N) is 1. The number of aromatic nitrogens is 1. The number of thioether (sulfide) groups is 1. The molecular weight excluding hydrogens is 170 g/mol. The highest BCUT2D eigenvalue weighted by Gasteiger charge is 2.09. The molecule has 1 heterocycles. The molecule has 0 saturated heterocycles. The predicted molar refractivity (Wildman–Crippen MR) is 51.9 cm³/mol. The minimum absolute atomic E-state index is 0.145. The molecule has 0 N–H and O–H groups in total. The molecule has 0 bridgehead atoms. The van der Waals surface area contributed by atoms with Gasteiger partial charge < -0.3 is 4.57 Å². The molecular formula is C9H13NOS. The maximum Gasteiger partial charge on any atom is 0.162 e. The third kappa shape index (κ3) is 1.55. The monoisotopic (exact) mass is 183 g/mol. The molecule has 12 heavy (non-hydrogen) atoms. The molecule has 0 spiro atoms. The minimum atomic E-state index is 0.145. The Morgan fingerprint density at radius 2 is 2.33 bits per heavy atom. The lowest BCUT2D eigenvalue weighted by atomic mass is 10.2. The molecule has 0 aliphatic carbocycles. The summed E-state index contributed by atoms with van der Waals surface area (Å²) in [5, 5.41) is 1.07. The highest BCUT2D eigenvalue weighted by Crippen LogP contribution is 2.21. The van der Waals surface area contributed by atoms with Crippen LogP contribution in [0.15, 0.2) is 17.3 Å². The van der Waals surface area contributed by atoms with E-state index in [0.717, 1.165) is 17.1 Å². The zero-order valence-electron chi connectivity index (χ0n) is 7.63. The lowest BCUT2D eigenvalue weighted by molar-refractivity contribution is 0.101. The Balaban J connectivity index is 3.13. The number of carbonyl (C=O) groups is 1. The van der Waals surface area contributed by atoms with Crippen molar-refractivity contribution in [1.82, 2.24) is 4.57 Å². The molecule has 2 nitrogen and oxygen atoms in total. The molecule has 0 atom stereocenters. The largest absolute Gasteiger partial charge is 0.342 e. The Morgan fingerprint density at radius 3 is 2.75 bits per heavy atom. The molecule has 0 aliphatic heterocycles. The van der Waals surface area contributed by atoms with Crippen molar-refractivity contribution in [2.45, 2.75) is 25.4 Å². The van der Waals surface area contributed by atoms with Crippen LogP contribution in [0.2, 0.25) is 0 Å².